The van der Waals surface area contributed by atoms with Gasteiger partial charge in [-0.1, -0.05) is 41.7 Å². The van der Waals surface area contributed by atoms with E-state index in [2.05, 4.69) is 25.9 Å². The van der Waals surface area contributed by atoms with Crippen LogP contribution in [0.15, 0.2) is 60.0 Å². The summed E-state index contributed by atoms with van der Waals surface area (Å²) in [5, 5.41) is 10.9. The summed E-state index contributed by atoms with van der Waals surface area (Å²) in [4.78, 5) is 33.5. The number of para-hydroxylation sites is 1. The third-order valence-corrected chi connectivity index (χ3v) is 6.76. The molecule has 0 saturated heterocycles. The molecule has 3 amide bonds. The zero-order chi connectivity index (χ0) is 24.8. The minimum Gasteiger partial charge on any atom is -0.496 e. The van der Waals surface area contributed by atoms with Crippen LogP contribution in [0.25, 0.3) is 27.2 Å². The minimum absolute atomic E-state index is 0.263. The highest BCUT2D eigenvalue weighted by Crippen LogP contribution is 2.38. The normalized spacial score (nSPS) is 10.8. The number of hydrogen-bond acceptors (Lipinski definition) is 8. The lowest BCUT2D eigenvalue weighted by Gasteiger charge is -2.05. The van der Waals surface area contributed by atoms with Crippen molar-refractivity contribution in [1.82, 2.24) is 15.3 Å². The first-order chi connectivity index (χ1) is 17.0. The first kappa shape index (κ1) is 23.9. The molecule has 0 aliphatic rings. The second-order valence-corrected chi connectivity index (χ2v) is 8.98. The average molecular weight is 507 g/mol. The molecule has 2 aromatic heterocycles. The van der Waals surface area contributed by atoms with E-state index >= 15 is 0 Å². The molecule has 2 heterocycles. The van der Waals surface area contributed by atoms with Crippen molar-refractivity contribution in [3.63, 3.8) is 0 Å². The SMILES string of the molecule is CNC(=O)Nc1nc(N)c(-c2nc(-c3cccc(NC(=O)/C=C/c4ccccc4OC)c3)cs2)s1. The van der Waals surface area contributed by atoms with Gasteiger partial charge in [0.25, 0.3) is 0 Å². The van der Waals surface area contributed by atoms with Gasteiger partial charge in [0.1, 0.15) is 21.5 Å². The van der Waals surface area contributed by atoms with E-state index in [0.717, 1.165) is 16.8 Å². The molecule has 2 aromatic carbocycles. The zero-order valence-electron chi connectivity index (χ0n) is 18.9. The Labute approximate surface area is 209 Å². The molecule has 0 radical (unpaired) electrons. The van der Waals surface area contributed by atoms with Crippen LogP contribution >= 0.6 is 22.7 Å². The predicted octanol–water partition coefficient (Wildman–Crippen LogP) is 4.93. The molecule has 178 valence electrons. The Morgan fingerprint density at radius 3 is 2.71 bits per heavy atom. The van der Waals surface area contributed by atoms with E-state index in [0.29, 0.717) is 32.3 Å². The van der Waals surface area contributed by atoms with Crippen LogP contribution in [0.5, 0.6) is 5.75 Å². The maximum Gasteiger partial charge on any atom is 0.320 e. The van der Waals surface area contributed by atoms with Gasteiger partial charge in [-0.15, -0.1) is 11.3 Å². The quantitative estimate of drug-likeness (QED) is 0.263. The van der Waals surface area contributed by atoms with Gasteiger partial charge in [0.15, 0.2) is 5.13 Å². The Balaban J connectivity index is 1.48. The summed E-state index contributed by atoms with van der Waals surface area (Å²) in [5.41, 5.74) is 9.06. The van der Waals surface area contributed by atoms with Gasteiger partial charge in [0, 0.05) is 35.3 Å². The van der Waals surface area contributed by atoms with Crippen LogP contribution < -0.4 is 26.4 Å². The first-order valence-corrected chi connectivity index (χ1v) is 12.1. The summed E-state index contributed by atoms with van der Waals surface area (Å²) in [5.74, 6) is 0.724. The summed E-state index contributed by atoms with van der Waals surface area (Å²) in [7, 11) is 3.11. The monoisotopic (exact) mass is 506 g/mol. The number of nitrogens with two attached hydrogens (primary N) is 1. The number of thiazole rings is 2. The van der Waals surface area contributed by atoms with Crippen LogP contribution in [0, 0.1) is 0 Å². The molecule has 0 spiro atoms. The van der Waals surface area contributed by atoms with Crippen LogP contribution in [-0.2, 0) is 4.79 Å². The second kappa shape index (κ2) is 10.8. The van der Waals surface area contributed by atoms with Gasteiger partial charge in [-0.3, -0.25) is 10.1 Å². The summed E-state index contributed by atoms with van der Waals surface area (Å²) in [6.07, 6.45) is 3.17. The third kappa shape index (κ3) is 5.83. The lowest BCUT2D eigenvalue weighted by atomic mass is 10.1. The lowest BCUT2D eigenvalue weighted by molar-refractivity contribution is -0.111. The lowest BCUT2D eigenvalue weighted by Crippen LogP contribution is -2.24. The Kier molecular flexibility index (Phi) is 7.38. The number of carbonyl (C=O) groups excluding carboxylic acids is 2. The van der Waals surface area contributed by atoms with Gasteiger partial charge in [-0.05, 0) is 24.3 Å². The van der Waals surface area contributed by atoms with Crippen molar-refractivity contribution >= 4 is 57.3 Å². The van der Waals surface area contributed by atoms with Gasteiger partial charge in [0.2, 0.25) is 5.91 Å². The van der Waals surface area contributed by atoms with Gasteiger partial charge < -0.3 is 21.1 Å². The molecule has 5 N–H and O–H groups in total. The number of hydrogen-bond donors (Lipinski definition) is 4. The highest BCUT2D eigenvalue weighted by atomic mass is 32.1. The number of ether oxygens (including phenoxy) is 1. The summed E-state index contributed by atoms with van der Waals surface area (Å²) in [6.45, 7) is 0. The van der Waals surface area contributed by atoms with Crippen molar-refractivity contribution in [3.05, 3.63) is 65.6 Å². The summed E-state index contributed by atoms with van der Waals surface area (Å²) >= 11 is 2.67. The van der Waals surface area contributed by atoms with Gasteiger partial charge >= 0.3 is 6.03 Å². The second-order valence-electron chi connectivity index (χ2n) is 7.12. The molecule has 0 saturated carbocycles. The van der Waals surface area contributed by atoms with Crippen molar-refractivity contribution < 1.29 is 14.3 Å². The van der Waals surface area contributed by atoms with Gasteiger partial charge in [-0.25, -0.2) is 14.8 Å². The molecule has 35 heavy (non-hydrogen) atoms. The number of methoxy groups -OCH3 is 1. The molecular formula is C24H22N6O3S2. The molecule has 4 rings (SSSR count). The molecule has 0 aliphatic carbocycles. The molecule has 0 unspecified atom stereocenters. The number of nitrogens with zero attached hydrogens (tertiary/aromatic N) is 2. The molecule has 4 aromatic rings. The van der Waals surface area contributed by atoms with Crippen LogP contribution in [0.4, 0.5) is 21.4 Å². The smallest absolute Gasteiger partial charge is 0.320 e. The largest absolute Gasteiger partial charge is 0.496 e. The highest BCUT2D eigenvalue weighted by molar-refractivity contribution is 7.23. The number of benzene rings is 2. The number of urea groups is 1. The van der Waals surface area contributed by atoms with Crippen LogP contribution in [0.3, 0.4) is 0 Å². The van der Waals surface area contributed by atoms with Crippen molar-refractivity contribution in [3.8, 4) is 26.9 Å². The fourth-order valence-corrected chi connectivity index (χ4v) is 4.93. The topological polar surface area (TPSA) is 131 Å². The Hall–Kier alpha value is -4.22. The molecule has 9 nitrogen and oxygen atoms in total. The number of nitrogen functional groups attached to an aromatic ring is 1. The number of aromatic nitrogens is 2. The molecule has 0 atom stereocenters. The van der Waals surface area contributed by atoms with Crippen molar-refractivity contribution in [2.24, 2.45) is 0 Å². The summed E-state index contributed by atoms with van der Waals surface area (Å²) in [6, 6.07) is 14.5. The Morgan fingerprint density at radius 1 is 1.09 bits per heavy atom. The van der Waals surface area contributed by atoms with Crippen molar-refractivity contribution in [2.75, 3.05) is 30.5 Å². The first-order valence-electron chi connectivity index (χ1n) is 10.4. The van der Waals surface area contributed by atoms with Gasteiger partial charge in [-0.2, -0.15) is 0 Å². The maximum atomic E-state index is 12.5. The number of rotatable bonds is 7. The van der Waals surface area contributed by atoms with E-state index in [9.17, 15) is 9.59 Å². The zero-order valence-corrected chi connectivity index (χ0v) is 20.5. The third-order valence-electron chi connectivity index (χ3n) is 4.78. The van der Waals surface area contributed by atoms with E-state index in [1.807, 2.05) is 53.9 Å². The number of carbonyl (C=O) groups is 2. The van der Waals surface area contributed by atoms with Gasteiger partial charge in [0.05, 0.1) is 12.8 Å². The fraction of sp³-hybridized carbons (Fsp3) is 0.0833. The van der Waals surface area contributed by atoms with Crippen molar-refractivity contribution in [2.45, 2.75) is 0 Å². The maximum absolute atomic E-state index is 12.5. The predicted molar refractivity (Wildman–Crippen MR) is 142 cm³/mol. The minimum atomic E-state index is -0.373. The van der Waals surface area contributed by atoms with Crippen LogP contribution in [0.2, 0.25) is 0 Å². The van der Waals surface area contributed by atoms with E-state index in [1.54, 1.807) is 13.2 Å². The fourth-order valence-electron chi connectivity index (χ4n) is 3.12. The standard InChI is InChI=1S/C24H22N6O3S2/c1-26-23(32)30-24-29-21(25)20(35-24)22-28-17(13-34-22)15-7-5-8-16(12-15)27-19(31)11-10-14-6-3-4-9-18(14)33-2/h3-13H,25H2,1-2H3,(H,27,31)(H2,26,29,30,32)/b11-10+. The molecule has 11 heteroatoms. The number of anilines is 3. The molecule has 0 fully saturated rings. The van der Waals surface area contributed by atoms with Crippen LogP contribution in [0.1, 0.15) is 5.56 Å². The number of nitrogens with one attached hydrogen (secondary N) is 3. The summed E-state index contributed by atoms with van der Waals surface area (Å²) < 4.78 is 5.30. The van der Waals surface area contributed by atoms with Crippen molar-refractivity contribution in [1.29, 1.82) is 0 Å². The molecule has 0 bridgehead atoms. The average Bonchev–Trinajstić information content (AvgIpc) is 3.49. The molecular weight excluding hydrogens is 484 g/mol. The van der Waals surface area contributed by atoms with Crippen LogP contribution in [-0.4, -0.2) is 36.1 Å². The van der Waals surface area contributed by atoms with E-state index in [4.69, 9.17) is 10.5 Å². The number of amides is 3. The molecule has 0 aliphatic heterocycles. The van der Waals surface area contributed by atoms with E-state index in [1.165, 1.54) is 35.8 Å². The highest BCUT2D eigenvalue weighted by Gasteiger charge is 2.16. The Morgan fingerprint density at radius 2 is 1.91 bits per heavy atom. The Bertz CT molecular complexity index is 1400. The van der Waals surface area contributed by atoms with E-state index < -0.39 is 0 Å². The van der Waals surface area contributed by atoms with E-state index in [-0.39, 0.29) is 11.9 Å².